The fourth-order valence-electron chi connectivity index (χ4n) is 5.97. The highest BCUT2D eigenvalue weighted by Crippen LogP contribution is 2.45. The van der Waals surface area contributed by atoms with Crippen LogP contribution in [0.4, 0.5) is 10.1 Å². The zero-order valence-corrected chi connectivity index (χ0v) is 21.0. The van der Waals surface area contributed by atoms with Gasteiger partial charge in [-0.3, -0.25) is 9.59 Å². The standard InChI is InChI=1S/C30H29FN4O2/c1-32-19-25(22-7-5-6-10-26(22)32)28-27(23-8-3-4-9-24(23)29(36)33(28)2)30(37)35-17-15-34(16-18-35)21-13-11-20(31)12-14-21/h3-14,19,27-28H,15-18H2,1-2H3. The lowest BCUT2D eigenvalue weighted by Gasteiger charge is -2.43. The van der Waals surface area contributed by atoms with Gasteiger partial charge in [0, 0.05) is 74.2 Å². The Bertz CT molecular complexity index is 1490. The predicted octanol–water partition coefficient (Wildman–Crippen LogP) is 4.58. The molecule has 6 rings (SSSR count). The molecule has 3 heterocycles. The molecule has 1 aromatic heterocycles. The molecule has 2 amide bonds. The second kappa shape index (κ2) is 9.07. The lowest BCUT2D eigenvalue weighted by atomic mass is 9.79. The molecule has 4 aromatic rings. The van der Waals surface area contributed by atoms with E-state index in [0.29, 0.717) is 31.7 Å². The molecule has 1 fully saturated rings. The van der Waals surface area contributed by atoms with Crippen LogP contribution in [0.1, 0.15) is 33.4 Å². The number of carbonyl (C=O) groups excluding carboxylic acids is 2. The molecule has 1 saturated heterocycles. The quantitative estimate of drug-likeness (QED) is 0.417. The first-order valence-electron chi connectivity index (χ1n) is 12.6. The van der Waals surface area contributed by atoms with Crippen molar-refractivity contribution in [2.45, 2.75) is 12.0 Å². The smallest absolute Gasteiger partial charge is 0.254 e. The van der Waals surface area contributed by atoms with Gasteiger partial charge in [0.25, 0.3) is 5.91 Å². The van der Waals surface area contributed by atoms with Crippen molar-refractivity contribution in [2.75, 3.05) is 38.1 Å². The summed E-state index contributed by atoms with van der Waals surface area (Å²) < 4.78 is 15.4. The third kappa shape index (κ3) is 3.86. The highest BCUT2D eigenvalue weighted by atomic mass is 19.1. The maximum absolute atomic E-state index is 14.3. The van der Waals surface area contributed by atoms with Crippen molar-refractivity contribution in [3.8, 4) is 0 Å². The first kappa shape index (κ1) is 23.3. The van der Waals surface area contributed by atoms with Crippen molar-refractivity contribution in [2.24, 2.45) is 7.05 Å². The molecule has 0 saturated carbocycles. The molecule has 0 radical (unpaired) electrons. The summed E-state index contributed by atoms with van der Waals surface area (Å²) in [6.45, 7) is 2.46. The van der Waals surface area contributed by atoms with Gasteiger partial charge in [-0.25, -0.2) is 4.39 Å². The number of fused-ring (bicyclic) bond motifs is 2. The number of anilines is 1. The zero-order chi connectivity index (χ0) is 25.7. The largest absolute Gasteiger partial charge is 0.368 e. The van der Waals surface area contributed by atoms with Crippen LogP contribution in [0.3, 0.4) is 0 Å². The van der Waals surface area contributed by atoms with Gasteiger partial charge in [-0.05, 0) is 42.0 Å². The molecule has 0 N–H and O–H groups in total. The Balaban J connectivity index is 1.37. The Morgan fingerprint density at radius 1 is 0.838 bits per heavy atom. The van der Waals surface area contributed by atoms with Crippen molar-refractivity contribution in [3.63, 3.8) is 0 Å². The molecular weight excluding hydrogens is 467 g/mol. The van der Waals surface area contributed by atoms with Crippen LogP contribution in [0.2, 0.25) is 0 Å². The molecule has 188 valence electrons. The number of amides is 2. The molecule has 0 aliphatic carbocycles. The topological polar surface area (TPSA) is 48.8 Å². The van der Waals surface area contributed by atoms with E-state index >= 15 is 0 Å². The summed E-state index contributed by atoms with van der Waals surface area (Å²) >= 11 is 0. The molecule has 2 unspecified atom stereocenters. The number of para-hydroxylation sites is 1. The maximum atomic E-state index is 14.3. The van der Waals surface area contributed by atoms with E-state index in [1.807, 2.05) is 48.3 Å². The van der Waals surface area contributed by atoms with Crippen LogP contribution in [-0.2, 0) is 11.8 Å². The molecule has 0 spiro atoms. The van der Waals surface area contributed by atoms with E-state index in [-0.39, 0.29) is 17.6 Å². The fraction of sp³-hybridized carbons (Fsp3) is 0.267. The molecule has 7 heteroatoms. The van der Waals surface area contributed by atoms with Crippen LogP contribution >= 0.6 is 0 Å². The number of aryl methyl sites for hydroxylation is 1. The van der Waals surface area contributed by atoms with Crippen LogP contribution in [0.25, 0.3) is 10.9 Å². The van der Waals surface area contributed by atoms with Gasteiger partial charge in [-0.15, -0.1) is 0 Å². The number of nitrogens with zero attached hydrogens (tertiary/aromatic N) is 4. The van der Waals surface area contributed by atoms with Crippen molar-refractivity contribution in [1.29, 1.82) is 0 Å². The normalized spacial score (nSPS) is 19.9. The van der Waals surface area contributed by atoms with Gasteiger partial charge in [0.1, 0.15) is 5.82 Å². The summed E-state index contributed by atoms with van der Waals surface area (Å²) in [5.74, 6) is -0.809. The van der Waals surface area contributed by atoms with Crippen LogP contribution in [0.15, 0.2) is 79.0 Å². The summed E-state index contributed by atoms with van der Waals surface area (Å²) in [7, 11) is 3.80. The lowest BCUT2D eigenvalue weighted by Crippen LogP contribution is -2.53. The van der Waals surface area contributed by atoms with Crippen LogP contribution in [-0.4, -0.2) is 59.4 Å². The van der Waals surface area contributed by atoms with E-state index in [1.54, 1.807) is 24.1 Å². The summed E-state index contributed by atoms with van der Waals surface area (Å²) in [5, 5.41) is 1.05. The lowest BCUT2D eigenvalue weighted by molar-refractivity contribution is -0.134. The van der Waals surface area contributed by atoms with Gasteiger partial charge in [0.2, 0.25) is 5.91 Å². The van der Waals surface area contributed by atoms with Crippen molar-refractivity contribution in [3.05, 3.63) is 102 Å². The van der Waals surface area contributed by atoms with Crippen LogP contribution in [0.5, 0.6) is 0 Å². The maximum Gasteiger partial charge on any atom is 0.254 e. The Labute approximate surface area is 215 Å². The van der Waals surface area contributed by atoms with Gasteiger partial charge in [-0.1, -0.05) is 36.4 Å². The first-order valence-corrected chi connectivity index (χ1v) is 12.6. The van der Waals surface area contributed by atoms with Crippen molar-refractivity contribution >= 4 is 28.4 Å². The van der Waals surface area contributed by atoms with E-state index in [9.17, 15) is 14.0 Å². The molecule has 3 aromatic carbocycles. The number of hydrogen-bond donors (Lipinski definition) is 0. The molecule has 37 heavy (non-hydrogen) atoms. The summed E-state index contributed by atoms with van der Waals surface area (Å²) in [5.41, 5.74) is 4.37. The number of rotatable bonds is 3. The number of carbonyl (C=O) groups is 2. The average molecular weight is 497 g/mol. The Kier molecular flexibility index (Phi) is 5.71. The summed E-state index contributed by atoms with van der Waals surface area (Å²) in [6, 6.07) is 21.7. The van der Waals surface area contributed by atoms with E-state index in [4.69, 9.17) is 0 Å². The van der Waals surface area contributed by atoms with Gasteiger partial charge in [0.15, 0.2) is 0 Å². The minimum Gasteiger partial charge on any atom is -0.368 e. The minimum atomic E-state index is -0.512. The first-order chi connectivity index (χ1) is 17.9. The number of likely N-dealkylation sites (N-methyl/N-ethyl adjacent to an activating group) is 1. The second-order valence-corrected chi connectivity index (χ2v) is 9.93. The highest BCUT2D eigenvalue weighted by molar-refractivity contribution is 6.02. The minimum absolute atomic E-state index is 0.0310. The molecule has 0 bridgehead atoms. The van der Waals surface area contributed by atoms with Crippen molar-refractivity contribution in [1.82, 2.24) is 14.4 Å². The fourth-order valence-corrected chi connectivity index (χ4v) is 5.97. The van der Waals surface area contributed by atoms with E-state index in [1.165, 1.54) is 12.1 Å². The molecule has 6 nitrogen and oxygen atoms in total. The Hall–Kier alpha value is -4.13. The number of hydrogen-bond acceptors (Lipinski definition) is 3. The van der Waals surface area contributed by atoms with Gasteiger partial charge < -0.3 is 19.3 Å². The third-order valence-electron chi connectivity index (χ3n) is 7.88. The van der Waals surface area contributed by atoms with E-state index in [0.717, 1.165) is 27.7 Å². The number of benzene rings is 3. The van der Waals surface area contributed by atoms with Crippen LogP contribution < -0.4 is 4.90 Å². The summed E-state index contributed by atoms with van der Waals surface area (Å²) in [6.07, 6.45) is 2.06. The Morgan fingerprint density at radius 3 is 2.27 bits per heavy atom. The van der Waals surface area contributed by atoms with Gasteiger partial charge in [-0.2, -0.15) is 0 Å². The predicted molar refractivity (Wildman–Crippen MR) is 142 cm³/mol. The number of piperazine rings is 1. The number of halogens is 1. The zero-order valence-electron chi connectivity index (χ0n) is 21.0. The number of aromatic nitrogens is 1. The second-order valence-electron chi connectivity index (χ2n) is 9.93. The van der Waals surface area contributed by atoms with Crippen LogP contribution in [0, 0.1) is 5.82 Å². The SMILES string of the molecule is CN1C(=O)c2ccccc2C(C(=O)N2CCN(c3ccc(F)cc3)CC2)C1c1cn(C)c2ccccc12. The molecular formula is C30H29FN4O2. The third-order valence-corrected chi connectivity index (χ3v) is 7.88. The summed E-state index contributed by atoms with van der Waals surface area (Å²) in [4.78, 5) is 33.6. The van der Waals surface area contributed by atoms with E-state index < -0.39 is 12.0 Å². The molecule has 2 aliphatic heterocycles. The molecule has 2 aliphatic rings. The van der Waals surface area contributed by atoms with Gasteiger partial charge >= 0.3 is 0 Å². The highest BCUT2D eigenvalue weighted by Gasteiger charge is 2.45. The monoisotopic (exact) mass is 496 g/mol. The van der Waals surface area contributed by atoms with Gasteiger partial charge in [0.05, 0.1) is 12.0 Å². The van der Waals surface area contributed by atoms with Crippen molar-refractivity contribution < 1.29 is 14.0 Å². The average Bonchev–Trinajstić information content (AvgIpc) is 3.27. The van der Waals surface area contributed by atoms with E-state index in [2.05, 4.69) is 27.8 Å². The Morgan fingerprint density at radius 2 is 1.51 bits per heavy atom. The molecule has 2 atom stereocenters.